The number of aliphatic hydroxyl groups is 1. The molecule has 1 rings (SSSR count). The van der Waals surface area contributed by atoms with Gasteiger partial charge in [0.1, 0.15) is 6.61 Å². The molecule has 0 radical (unpaired) electrons. The number of aliphatic carboxylic acids is 1. The number of likely N-dealkylation sites (tertiary alicyclic amines) is 1. The minimum absolute atomic E-state index is 0.0298. The minimum Gasteiger partial charge on any atom is -0.481 e. The average molecular weight is 645 g/mol. The predicted octanol–water partition coefficient (Wildman–Crippen LogP) is 3.90. The van der Waals surface area contributed by atoms with E-state index in [-0.39, 0.29) is 87.8 Å². The number of rotatable bonds is 21. The Balaban J connectivity index is 3.25. The van der Waals surface area contributed by atoms with Gasteiger partial charge in [0.2, 0.25) is 17.7 Å². The number of carboxylic acid groups (broad SMARTS) is 1. The Morgan fingerprint density at radius 2 is 1.61 bits per heavy atom. The lowest BCUT2D eigenvalue weighted by atomic mass is 9.60. The summed E-state index contributed by atoms with van der Waals surface area (Å²) >= 11 is 1.32. The second kappa shape index (κ2) is 16.9. The van der Waals surface area contributed by atoms with Crippen LogP contribution in [0.15, 0.2) is 0 Å². The Bertz CT molecular complexity index is 1020. The summed E-state index contributed by atoms with van der Waals surface area (Å²) in [5.41, 5.74) is -4.06. The molecule has 0 aliphatic carbocycles. The Kier molecular flexibility index (Phi) is 15.3. The summed E-state index contributed by atoms with van der Waals surface area (Å²) in [7, 11) is 0. The molecule has 4 atom stereocenters. The molecule has 0 aromatic rings. The number of carboxylic acids is 1. The number of ether oxygens (including phenoxy) is 2. The van der Waals surface area contributed by atoms with E-state index in [1.807, 2.05) is 34.6 Å². The number of thioether (sulfide) groups is 1. The first-order valence-corrected chi connectivity index (χ1v) is 16.8. The summed E-state index contributed by atoms with van der Waals surface area (Å²) in [6, 6.07) is 0. The maximum absolute atomic E-state index is 13.7. The van der Waals surface area contributed by atoms with Crippen molar-refractivity contribution in [2.75, 3.05) is 45.8 Å². The number of aliphatic hydroxyl groups excluding tert-OH is 1. The second-order valence-corrected chi connectivity index (χ2v) is 15.2. The van der Waals surface area contributed by atoms with Gasteiger partial charge in [-0.15, -0.1) is 0 Å². The molecule has 1 aliphatic rings. The SMILES string of the molecule is CCC(C)(C)CC(C)(CC(C)(CC(C)(CC(C)C)C(=O)NCCN1C(=O)CC(SC)C1=O)C(=O)O)C(=O)OCCOCCO. The number of amides is 3. The molecule has 0 aromatic carbocycles. The number of hydrogen-bond donors (Lipinski definition) is 3. The number of esters is 1. The number of imide groups is 1. The standard InChI is InChI=1S/C32H56N2O9S/c1-10-29(4,5)19-32(8,28(41)43-16-15-42-14-13-35)21-31(7,27(39)40)20-30(6,18-22(2)3)26(38)33-11-12-34-24(36)17-23(44-9)25(34)37/h22-23,35H,10-21H2,1-9H3,(H,33,38)(H,39,40). The third-order valence-electron chi connectivity index (χ3n) is 8.61. The van der Waals surface area contributed by atoms with Crippen LogP contribution in [0.2, 0.25) is 0 Å². The molecule has 3 N–H and O–H groups in total. The molecule has 3 amide bonds. The van der Waals surface area contributed by atoms with Crippen molar-refractivity contribution < 1.29 is 43.7 Å². The van der Waals surface area contributed by atoms with Gasteiger partial charge in [0.05, 0.1) is 35.9 Å². The van der Waals surface area contributed by atoms with E-state index in [0.717, 1.165) is 6.42 Å². The fraction of sp³-hybridized carbons (Fsp3) is 0.844. The Labute approximate surface area is 267 Å². The highest BCUT2D eigenvalue weighted by Crippen LogP contribution is 2.49. The zero-order valence-corrected chi connectivity index (χ0v) is 29.1. The van der Waals surface area contributed by atoms with E-state index in [4.69, 9.17) is 14.6 Å². The molecule has 0 saturated carbocycles. The van der Waals surface area contributed by atoms with Crippen LogP contribution in [-0.2, 0) is 33.4 Å². The van der Waals surface area contributed by atoms with Crippen LogP contribution in [0.5, 0.6) is 0 Å². The lowest BCUT2D eigenvalue weighted by molar-refractivity contribution is -0.166. The summed E-state index contributed by atoms with van der Waals surface area (Å²) in [5, 5.41) is 22.0. The van der Waals surface area contributed by atoms with Gasteiger partial charge in [-0.3, -0.25) is 28.9 Å². The summed E-state index contributed by atoms with van der Waals surface area (Å²) in [4.78, 5) is 66.3. The third-order valence-corrected chi connectivity index (χ3v) is 9.54. The van der Waals surface area contributed by atoms with Gasteiger partial charge in [0.15, 0.2) is 0 Å². The first-order valence-electron chi connectivity index (χ1n) is 15.5. The number of carbonyl (C=O) groups is 5. The quantitative estimate of drug-likeness (QED) is 0.0950. The predicted molar refractivity (Wildman–Crippen MR) is 170 cm³/mol. The smallest absolute Gasteiger partial charge is 0.311 e. The Morgan fingerprint density at radius 3 is 2.11 bits per heavy atom. The van der Waals surface area contributed by atoms with Crippen LogP contribution in [0.3, 0.4) is 0 Å². The van der Waals surface area contributed by atoms with Crippen LogP contribution in [0.1, 0.15) is 93.9 Å². The van der Waals surface area contributed by atoms with Gasteiger partial charge in [-0.25, -0.2) is 0 Å². The van der Waals surface area contributed by atoms with Crippen molar-refractivity contribution in [1.82, 2.24) is 10.2 Å². The van der Waals surface area contributed by atoms with Crippen molar-refractivity contribution in [3.05, 3.63) is 0 Å². The second-order valence-electron chi connectivity index (χ2n) is 14.2. The molecular formula is C32H56N2O9S. The van der Waals surface area contributed by atoms with Crippen LogP contribution in [0, 0.1) is 27.6 Å². The minimum atomic E-state index is -1.47. The van der Waals surface area contributed by atoms with Crippen molar-refractivity contribution in [3.63, 3.8) is 0 Å². The molecule has 254 valence electrons. The highest BCUT2D eigenvalue weighted by molar-refractivity contribution is 8.00. The summed E-state index contributed by atoms with van der Waals surface area (Å²) < 4.78 is 10.8. The van der Waals surface area contributed by atoms with E-state index in [0.29, 0.717) is 12.8 Å². The molecular weight excluding hydrogens is 588 g/mol. The number of nitrogens with one attached hydrogen (secondary N) is 1. The van der Waals surface area contributed by atoms with Gasteiger partial charge in [-0.1, -0.05) is 48.0 Å². The Hall–Kier alpha value is -2.18. The fourth-order valence-corrected chi connectivity index (χ4v) is 7.21. The fourth-order valence-electron chi connectivity index (χ4n) is 6.57. The van der Waals surface area contributed by atoms with Gasteiger partial charge >= 0.3 is 11.9 Å². The van der Waals surface area contributed by atoms with E-state index in [9.17, 15) is 29.1 Å². The molecule has 1 heterocycles. The van der Waals surface area contributed by atoms with E-state index < -0.39 is 33.4 Å². The summed E-state index contributed by atoms with van der Waals surface area (Å²) in [6.45, 7) is 15.2. The molecule has 12 heteroatoms. The zero-order valence-electron chi connectivity index (χ0n) is 28.2. The molecule has 0 bridgehead atoms. The highest BCUT2D eigenvalue weighted by atomic mass is 32.2. The molecule has 1 fully saturated rings. The molecule has 44 heavy (non-hydrogen) atoms. The Morgan fingerprint density at radius 1 is 1.00 bits per heavy atom. The van der Waals surface area contributed by atoms with Crippen LogP contribution >= 0.6 is 11.8 Å². The van der Waals surface area contributed by atoms with Gasteiger partial charge in [0, 0.05) is 24.9 Å². The molecule has 0 spiro atoms. The monoisotopic (exact) mass is 644 g/mol. The van der Waals surface area contributed by atoms with E-state index in [2.05, 4.69) is 5.32 Å². The van der Waals surface area contributed by atoms with Crippen molar-refractivity contribution in [3.8, 4) is 0 Å². The van der Waals surface area contributed by atoms with Crippen LogP contribution in [-0.4, -0.2) is 95.8 Å². The molecule has 0 aromatic heterocycles. The largest absolute Gasteiger partial charge is 0.481 e. The van der Waals surface area contributed by atoms with Crippen LogP contribution < -0.4 is 5.32 Å². The number of hydrogen-bond acceptors (Lipinski definition) is 9. The molecule has 1 saturated heterocycles. The normalized spacial score (nSPS) is 19.8. The summed E-state index contributed by atoms with van der Waals surface area (Å²) in [6.07, 6.45) is 3.35. The maximum Gasteiger partial charge on any atom is 0.311 e. The van der Waals surface area contributed by atoms with E-state index in [1.54, 1.807) is 27.0 Å². The van der Waals surface area contributed by atoms with Crippen molar-refractivity contribution in [1.29, 1.82) is 0 Å². The first kappa shape index (κ1) is 39.8. The van der Waals surface area contributed by atoms with E-state index in [1.165, 1.54) is 16.7 Å². The average Bonchev–Trinajstić information content (AvgIpc) is 3.19. The topological polar surface area (TPSA) is 160 Å². The summed E-state index contributed by atoms with van der Waals surface area (Å²) in [5.74, 6) is -2.48. The lowest BCUT2D eigenvalue weighted by Gasteiger charge is -2.43. The van der Waals surface area contributed by atoms with Crippen LogP contribution in [0.25, 0.3) is 0 Å². The molecule has 1 aliphatic heterocycles. The van der Waals surface area contributed by atoms with Gasteiger partial charge < -0.3 is 25.0 Å². The maximum atomic E-state index is 13.7. The molecule has 11 nitrogen and oxygen atoms in total. The van der Waals surface area contributed by atoms with Gasteiger partial charge in [-0.2, -0.15) is 11.8 Å². The highest BCUT2D eigenvalue weighted by Gasteiger charge is 2.52. The molecule has 4 unspecified atom stereocenters. The van der Waals surface area contributed by atoms with Crippen molar-refractivity contribution in [2.24, 2.45) is 27.6 Å². The van der Waals surface area contributed by atoms with Crippen molar-refractivity contribution in [2.45, 2.75) is 99.2 Å². The van der Waals surface area contributed by atoms with Crippen LogP contribution in [0.4, 0.5) is 0 Å². The van der Waals surface area contributed by atoms with Gasteiger partial charge in [-0.05, 0) is 57.1 Å². The lowest BCUT2D eigenvalue weighted by Crippen LogP contribution is -2.49. The number of nitrogens with zero attached hydrogens (tertiary/aromatic N) is 1. The third kappa shape index (κ3) is 11.3. The number of carbonyl (C=O) groups excluding carboxylic acids is 4. The van der Waals surface area contributed by atoms with Crippen molar-refractivity contribution >= 4 is 41.4 Å². The van der Waals surface area contributed by atoms with Gasteiger partial charge in [0.25, 0.3) is 0 Å². The zero-order chi connectivity index (χ0) is 33.9. The first-order chi connectivity index (χ1) is 20.3. The van der Waals surface area contributed by atoms with E-state index >= 15 is 0 Å².